The van der Waals surface area contributed by atoms with Crippen LogP contribution in [0.3, 0.4) is 0 Å². The largest absolute Gasteiger partial charge is 0.312 e. The Hall–Kier alpha value is -0.0800. The summed E-state index contributed by atoms with van der Waals surface area (Å²) in [6, 6.07) is 0.668. The lowest BCUT2D eigenvalue weighted by atomic mass is 9.95. The normalized spacial score (nSPS) is 27.5. The van der Waals surface area contributed by atoms with Crippen molar-refractivity contribution in [3.05, 3.63) is 0 Å². The van der Waals surface area contributed by atoms with Crippen LogP contribution < -0.4 is 5.32 Å². The van der Waals surface area contributed by atoms with Crippen molar-refractivity contribution in [2.24, 2.45) is 5.41 Å². The molecule has 0 aromatic carbocycles. The van der Waals surface area contributed by atoms with Gasteiger partial charge in [-0.1, -0.05) is 20.8 Å². The van der Waals surface area contributed by atoms with E-state index < -0.39 is 0 Å². The number of rotatable bonds is 1. The van der Waals surface area contributed by atoms with E-state index in [1.165, 1.54) is 19.6 Å². The first-order chi connectivity index (χ1) is 5.47. The summed E-state index contributed by atoms with van der Waals surface area (Å²) in [5.41, 5.74) is 0.442. The molecule has 0 aromatic rings. The van der Waals surface area contributed by atoms with Gasteiger partial charge in [0, 0.05) is 32.2 Å². The summed E-state index contributed by atoms with van der Waals surface area (Å²) in [5.74, 6) is 0. The molecule has 2 nitrogen and oxygen atoms in total. The minimum absolute atomic E-state index is 0.442. The van der Waals surface area contributed by atoms with Crippen molar-refractivity contribution in [2.45, 2.75) is 33.7 Å². The summed E-state index contributed by atoms with van der Waals surface area (Å²) >= 11 is 0. The van der Waals surface area contributed by atoms with E-state index in [1.807, 2.05) is 0 Å². The quantitative estimate of drug-likeness (QED) is 0.638. The Morgan fingerprint density at radius 2 is 2.08 bits per heavy atom. The van der Waals surface area contributed by atoms with E-state index in [0.29, 0.717) is 11.5 Å². The van der Waals surface area contributed by atoms with Gasteiger partial charge in [-0.15, -0.1) is 0 Å². The molecule has 0 aromatic heterocycles. The van der Waals surface area contributed by atoms with Gasteiger partial charge in [-0.3, -0.25) is 0 Å². The molecule has 1 rings (SSSR count). The second-order valence-corrected chi connectivity index (χ2v) is 5.15. The van der Waals surface area contributed by atoms with Crippen LogP contribution in [0.25, 0.3) is 0 Å². The first-order valence-electron chi connectivity index (χ1n) is 4.93. The Bertz CT molecular complexity index is 137. The maximum Gasteiger partial charge on any atom is 0.0167 e. The van der Waals surface area contributed by atoms with E-state index in [4.69, 9.17) is 0 Å². The summed E-state index contributed by atoms with van der Waals surface area (Å²) in [4.78, 5) is 2.56. The third-order valence-electron chi connectivity index (χ3n) is 2.15. The van der Waals surface area contributed by atoms with Crippen molar-refractivity contribution in [2.75, 3.05) is 26.2 Å². The molecule has 0 bridgehead atoms. The van der Waals surface area contributed by atoms with Gasteiger partial charge in [0.05, 0.1) is 0 Å². The predicted octanol–water partition coefficient (Wildman–Crippen LogP) is 1.33. The summed E-state index contributed by atoms with van der Waals surface area (Å²) in [6.07, 6.45) is 0. The fraction of sp³-hybridized carbons (Fsp3) is 1.00. The molecule has 1 N–H and O–H groups in total. The van der Waals surface area contributed by atoms with Crippen molar-refractivity contribution in [1.82, 2.24) is 10.2 Å². The molecule has 0 aliphatic carbocycles. The Balaban J connectivity index is 2.32. The van der Waals surface area contributed by atoms with Gasteiger partial charge in [-0.25, -0.2) is 0 Å². The van der Waals surface area contributed by atoms with Gasteiger partial charge in [0.25, 0.3) is 0 Å². The Labute approximate surface area is 76.3 Å². The average Bonchev–Trinajstić information content (AvgIpc) is 1.82. The summed E-state index contributed by atoms with van der Waals surface area (Å²) in [7, 11) is 0. The molecular formula is C10H22N2. The van der Waals surface area contributed by atoms with Gasteiger partial charge in [-0.2, -0.15) is 0 Å². The molecule has 12 heavy (non-hydrogen) atoms. The fourth-order valence-electron chi connectivity index (χ4n) is 1.83. The molecule has 1 saturated heterocycles. The molecule has 2 heteroatoms. The molecule has 0 saturated carbocycles. The Kier molecular flexibility index (Phi) is 3.13. The van der Waals surface area contributed by atoms with Crippen LogP contribution in [0.1, 0.15) is 27.7 Å². The zero-order valence-electron chi connectivity index (χ0n) is 8.85. The van der Waals surface area contributed by atoms with Crippen molar-refractivity contribution in [3.63, 3.8) is 0 Å². The Morgan fingerprint density at radius 3 is 2.58 bits per heavy atom. The van der Waals surface area contributed by atoms with Crippen LogP contribution in [0.15, 0.2) is 0 Å². The van der Waals surface area contributed by atoms with Gasteiger partial charge in [0.2, 0.25) is 0 Å². The van der Waals surface area contributed by atoms with Crippen molar-refractivity contribution in [3.8, 4) is 0 Å². The smallest absolute Gasteiger partial charge is 0.0167 e. The minimum atomic E-state index is 0.442. The first-order valence-corrected chi connectivity index (χ1v) is 4.93. The number of nitrogens with one attached hydrogen (secondary N) is 1. The van der Waals surface area contributed by atoms with E-state index in [1.54, 1.807) is 0 Å². The van der Waals surface area contributed by atoms with Gasteiger partial charge in [-0.05, 0) is 12.3 Å². The van der Waals surface area contributed by atoms with Crippen LogP contribution in [-0.2, 0) is 0 Å². The fourth-order valence-corrected chi connectivity index (χ4v) is 1.83. The van der Waals surface area contributed by atoms with Crippen molar-refractivity contribution < 1.29 is 0 Å². The molecule has 72 valence electrons. The molecule has 0 radical (unpaired) electrons. The first kappa shape index (κ1) is 10.0. The van der Waals surface area contributed by atoms with Gasteiger partial charge >= 0.3 is 0 Å². The van der Waals surface area contributed by atoms with Gasteiger partial charge < -0.3 is 10.2 Å². The lowest BCUT2D eigenvalue weighted by molar-refractivity contribution is 0.151. The average molecular weight is 170 g/mol. The van der Waals surface area contributed by atoms with Gasteiger partial charge in [0.1, 0.15) is 0 Å². The summed E-state index contributed by atoms with van der Waals surface area (Å²) in [5, 5.41) is 3.46. The van der Waals surface area contributed by atoms with Crippen LogP contribution >= 0.6 is 0 Å². The third-order valence-corrected chi connectivity index (χ3v) is 2.15. The molecule has 1 atom stereocenters. The molecule has 0 spiro atoms. The zero-order valence-corrected chi connectivity index (χ0v) is 8.85. The van der Waals surface area contributed by atoms with Crippen molar-refractivity contribution >= 4 is 0 Å². The van der Waals surface area contributed by atoms with Crippen LogP contribution in [-0.4, -0.2) is 37.1 Å². The lowest BCUT2D eigenvalue weighted by Gasteiger charge is -2.36. The molecule has 1 aliphatic rings. The van der Waals surface area contributed by atoms with E-state index in [-0.39, 0.29) is 0 Å². The SMILES string of the molecule is CC1CN(CC(C)(C)C)CCN1. The second kappa shape index (κ2) is 3.75. The predicted molar refractivity (Wildman–Crippen MR) is 53.4 cm³/mol. The monoisotopic (exact) mass is 170 g/mol. The van der Waals surface area contributed by atoms with E-state index in [2.05, 4.69) is 37.9 Å². The highest BCUT2D eigenvalue weighted by Gasteiger charge is 2.20. The minimum Gasteiger partial charge on any atom is -0.312 e. The standard InChI is InChI=1S/C10H22N2/c1-9-7-12(6-5-11-9)8-10(2,3)4/h9,11H,5-8H2,1-4H3. The Morgan fingerprint density at radius 1 is 1.42 bits per heavy atom. The van der Waals surface area contributed by atoms with Gasteiger partial charge in [0.15, 0.2) is 0 Å². The molecule has 1 heterocycles. The number of hydrogen-bond donors (Lipinski definition) is 1. The maximum absolute atomic E-state index is 3.46. The highest BCUT2D eigenvalue weighted by atomic mass is 15.2. The van der Waals surface area contributed by atoms with E-state index in [9.17, 15) is 0 Å². The molecule has 1 fully saturated rings. The zero-order chi connectivity index (χ0) is 9.19. The number of hydrogen-bond acceptors (Lipinski definition) is 2. The second-order valence-electron chi connectivity index (χ2n) is 5.15. The van der Waals surface area contributed by atoms with Crippen LogP contribution in [0, 0.1) is 5.41 Å². The highest BCUT2D eigenvalue weighted by molar-refractivity contribution is 4.78. The number of piperazine rings is 1. The van der Waals surface area contributed by atoms with Crippen LogP contribution in [0.5, 0.6) is 0 Å². The molecule has 0 amide bonds. The summed E-state index contributed by atoms with van der Waals surface area (Å²) < 4.78 is 0. The lowest BCUT2D eigenvalue weighted by Crippen LogP contribution is -2.51. The third kappa shape index (κ3) is 3.55. The van der Waals surface area contributed by atoms with E-state index >= 15 is 0 Å². The maximum atomic E-state index is 3.46. The topological polar surface area (TPSA) is 15.3 Å². The van der Waals surface area contributed by atoms with Crippen LogP contribution in [0.4, 0.5) is 0 Å². The highest BCUT2D eigenvalue weighted by Crippen LogP contribution is 2.15. The molecule has 1 unspecified atom stereocenters. The van der Waals surface area contributed by atoms with E-state index in [0.717, 1.165) is 6.54 Å². The molecule has 1 aliphatic heterocycles. The number of nitrogens with zero attached hydrogens (tertiary/aromatic N) is 1. The van der Waals surface area contributed by atoms with Crippen LogP contribution in [0.2, 0.25) is 0 Å². The summed E-state index contributed by atoms with van der Waals surface area (Å²) in [6.45, 7) is 14.0. The van der Waals surface area contributed by atoms with Crippen molar-refractivity contribution in [1.29, 1.82) is 0 Å². The molecular weight excluding hydrogens is 148 g/mol.